The minimum absolute atomic E-state index is 0.290. The lowest BCUT2D eigenvalue weighted by molar-refractivity contribution is -0.182. The van der Waals surface area contributed by atoms with Crippen LogP contribution < -0.4 is 10.6 Å². The summed E-state index contributed by atoms with van der Waals surface area (Å²) in [7, 11) is 0. The minimum atomic E-state index is -3.99. The van der Waals surface area contributed by atoms with E-state index >= 15 is 0 Å². The van der Waals surface area contributed by atoms with E-state index < -0.39 is 12.1 Å². The Labute approximate surface area is 100 Å². The van der Waals surface area contributed by atoms with Crippen LogP contribution in [-0.4, -0.2) is 31.3 Å². The summed E-state index contributed by atoms with van der Waals surface area (Å²) in [6.45, 7) is 2.03. The van der Waals surface area contributed by atoms with Crippen molar-refractivity contribution in [3.63, 3.8) is 0 Å². The molecule has 0 radical (unpaired) electrons. The molecule has 17 heavy (non-hydrogen) atoms. The van der Waals surface area contributed by atoms with Crippen molar-refractivity contribution in [2.45, 2.75) is 56.8 Å². The van der Waals surface area contributed by atoms with Crippen molar-refractivity contribution in [2.24, 2.45) is 5.92 Å². The topological polar surface area (TPSA) is 24.1 Å². The van der Waals surface area contributed by atoms with Gasteiger partial charge in [0, 0.05) is 18.6 Å². The second-order valence-electron chi connectivity index (χ2n) is 5.30. The first-order chi connectivity index (χ1) is 8.05. The van der Waals surface area contributed by atoms with Gasteiger partial charge in [0.15, 0.2) is 0 Å². The molecule has 0 aromatic carbocycles. The van der Waals surface area contributed by atoms with E-state index in [0.717, 1.165) is 25.9 Å². The fourth-order valence-electron chi connectivity index (χ4n) is 2.91. The van der Waals surface area contributed by atoms with E-state index in [0.29, 0.717) is 37.8 Å². The molecular weight excluding hydrogens is 229 g/mol. The molecular formula is C12H21F3N2. The summed E-state index contributed by atoms with van der Waals surface area (Å²) < 4.78 is 37.5. The summed E-state index contributed by atoms with van der Waals surface area (Å²) >= 11 is 0. The summed E-state index contributed by atoms with van der Waals surface area (Å²) in [4.78, 5) is 0. The number of nitrogens with one attached hydrogen (secondary N) is 2. The second-order valence-corrected chi connectivity index (χ2v) is 5.30. The van der Waals surface area contributed by atoms with Gasteiger partial charge in [-0.25, -0.2) is 0 Å². The number of hydrogen-bond donors (Lipinski definition) is 2. The molecule has 0 bridgehead atoms. The third kappa shape index (κ3) is 3.85. The predicted octanol–water partition coefficient (Wildman–Crippen LogP) is 2.45. The molecule has 1 heterocycles. The first-order valence-electron chi connectivity index (χ1n) is 6.59. The van der Waals surface area contributed by atoms with Gasteiger partial charge < -0.3 is 10.6 Å². The van der Waals surface area contributed by atoms with Crippen LogP contribution in [-0.2, 0) is 0 Å². The summed E-state index contributed by atoms with van der Waals surface area (Å²) in [6.07, 6.45) is 0.239. The first kappa shape index (κ1) is 13.1. The monoisotopic (exact) mass is 250 g/mol. The highest BCUT2D eigenvalue weighted by Gasteiger charge is 2.41. The van der Waals surface area contributed by atoms with Gasteiger partial charge in [-0.05, 0) is 45.1 Å². The van der Waals surface area contributed by atoms with Crippen molar-refractivity contribution in [3.05, 3.63) is 0 Å². The van der Waals surface area contributed by atoms with Gasteiger partial charge in [0.1, 0.15) is 0 Å². The molecule has 2 fully saturated rings. The fourth-order valence-corrected chi connectivity index (χ4v) is 2.91. The molecule has 0 amide bonds. The van der Waals surface area contributed by atoms with Crippen LogP contribution in [0.2, 0.25) is 0 Å². The number of piperidine rings is 1. The van der Waals surface area contributed by atoms with Crippen molar-refractivity contribution >= 4 is 0 Å². The number of halogens is 3. The van der Waals surface area contributed by atoms with Gasteiger partial charge in [-0.3, -0.25) is 0 Å². The average molecular weight is 250 g/mol. The van der Waals surface area contributed by atoms with Crippen molar-refractivity contribution in [2.75, 3.05) is 13.1 Å². The van der Waals surface area contributed by atoms with Crippen molar-refractivity contribution in [1.29, 1.82) is 0 Å². The minimum Gasteiger partial charge on any atom is -0.315 e. The van der Waals surface area contributed by atoms with Crippen LogP contribution in [0.3, 0.4) is 0 Å². The SMILES string of the molecule is FC(F)(F)C1CCC(NC2CCCNC2)CC1. The molecule has 0 spiro atoms. The maximum atomic E-state index is 12.5. The Morgan fingerprint density at radius 1 is 0.941 bits per heavy atom. The standard InChI is InChI=1S/C12H21F3N2/c13-12(14,15)9-3-5-10(6-4-9)17-11-2-1-7-16-8-11/h9-11,16-17H,1-8H2. The Hall–Kier alpha value is -0.290. The third-order valence-corrected chi connectivity index (χ3v) is 3.96. The number of hydrogen-bond acceptors (Lipinski definition) is 2. The quantitative estimate of drug-likeness (QED) is 0.786. The van der Waals surface area contributed by atoms with Gasteiger partial charge in [0.2, 0.25) is 0 Å². The van der Waals surface area contributed by atoms with E-state index in [1.165, 1.54) is 0 Å². The zero-order valence-electron chi connectivity index (χ0n) is 10.0. The van der Waals surface area contributed by atoms with Gasteiger partial charge in [-0.15, -0.1) is 0 Å². The molecule has 2 aliphatic rings. The van der Waals surface area contributed by atoms with Crippen LogP contribution >= 0.6 is 0 Å². The Bertz CT molecular complexity index is 228. The highest BCUT2D eigenvalue weighted by atomic mass is 19.4. The van der Waals surface area contributed by atoms with Crippen molar-refractivity contribution < 1.29 is 13.2 Å². The maximum absolute atomic E-state index is 12.5. The normalized spacial score (nSPS) is 35.8. The molecule has 0 aromatic rings. The third-order valence-electron chi connectivity index (χ3n) is 3.96. The molecule has 2 N–H and O–H groups in total. The summed E-state index contributed by atoms with van der Waals surface area (Å²) in [6, 6.07) is 0.745. The Morgan fingerprint density at radius 2 is 1.65 bits per heavy atom. The van der Waals surface area contributed by atoms with E-state index in [1.807, 2.05) is 0 Å². The molecule has 2 nitrogen and oxygen atoms in total. The summed E-state index contributed by atoms with van der Waals surface area (Å²) in [5.41, 5.74) is 0. The average Bonchev–Trinajstić information content (AvgIpc) is 2.30. The van der Waals surface area contributed by atoms with Crippen LogP contribution in [0, 0.1) is 5.92 Å². The lowest BCUT2D eigenvalue weighted by Gasteiger charge is -2.34. The lowest BCUT2D eigenvalue weighted by atomic mass is 9.85. The predicted molar refractivity (Wildman–Crippen MR) is 60.8 cm³/mol. The summed E-state index contributed by atoms with van der Waals surface area (Å²) in [5.74, 6) is -1.06. The van der Waals surface area contributed by atoms with Gasteiger partial charge >= 0.3 is 6.18 Å². The van der Waals surface area contributed by atoms with Crippen molar-refractivity contribution in [1.82, 2.24) is 10.6 Å². The first-order valence-corrected chi connectivity index (χ1v) is 6.59. The maximum Gasteiger partial charge on any atom is 0.391 e. The second kappa shape index (κ2) is 5.57. The number of rotatable bonds is 2. The van der Waals surface area contributed by atoms with E-state index in [9.17, 15) is 13.2 Å². The molecule has 100 valence electrons. The lowest BCUT2D eigenvalue weighted by Crippen LogP contribution is -2.48. The molecule has 1 unspecified atom stereocenters. The van der Waals surface area contributed by atoms with E-state index in [2.05, 4.69) is 10.6 Å². The van der Waals surface area contributed by atoms with E-state index in [1.54, 1.807) is 0 Å². The van der Waals surface area contributed by atoms with Crippen molar-refractivity contribution in [3.8, 4) is 0 Å². The largest absolute Gasteiger partial charge is 0.391 e. The van der Waals surface area contributed by atoms with E-state index in [-0.39, 0.29) is 0 Å². The van der Waals surface area contributed by atoms with E-state index in [4.69, 9.17) is 0 Å². The zero-order valence-corrected chi connectivity index (χ0v) is 10.0. The molecule has 5 heteroatoms. The molecule has 2 rings (SSSR count). The Balaban J connectivity index is 1.71. The molecule has 0 aromatic heterocycles. The van der Waals surface area contributed by atoms with Crippen LogP contribution in [0.5, 0.6) is 0 Å². The molecule has 1 saturated carbocycles. The smallest absolute Gasteiger partial charge is 0.315 e. The van der Waals surface area contributed by atoms with Crippen LogP contribution in [0.15, 0.2) is 0 Å². The van der Waals surface area contributed by atoms with Crippen LogP contribution in [0.1, 0.15) is 38.5 Å². The Morgan fingerprint density at radius 3 is 2.18 bits per heavy atom. The van der Waals surface area contributed by atoms with Gasteiger partial charge in [-0.2, -0.15) is 13.2 Å². The van der Waals surface area contributed by atoms with Gasteiger partial charge in [0.05, 0.1) is 5.92 Å². The fraction of sp³-hybridized carbons (Fsp3) is 1.00. The van der Waals surface area contributed by atoms with Crippen LogP contribution in [0.25, 0.3) is 0 Å². The molecule has 1 atom stereocenters. The molecule has 1 aliphatic carbocycles. The zero-order chi connectivity index (χ0) is 12.3. The highest BCUT2D eigenvalue weighted by molar-refractivity contribution is 4.85. The number of alkyl halides is 3. The molecule has 1 saturated heterocycles. The van der Waals surface area contributed by atoms with Gasteiger partial charge in [0.25, 0.3) is 0 Å². The van der Waals surface area contributed by atoms with Gasteiger partial charge in [-0.1, -0.05) is 0 Å². The molecule has 1 aliphatic heterocycles. The summed E-state index contributed by atoms with van der Waals surface area (Å²) in [5, 5.41) is 6.81. The highest BCUT2D eigenvalue weighted by Crippen LogP contribution is 2.37. The Kier molecular flexibility index (Phi) is 4.31. The van der Waals surface area contributed by atoms with Crippen LogP contribution in [0.4, 0.5) is 13.2 Å².